The first-order valence-electron chi connectivity index (χ1n) is 9.55. The Labute approximate surface area is 151 Å². The number of aliphatic hydroxyl groups excluding tert-OH is 3. The van der Waals surface area contributed by atoms with E-state index in [1.165, 1.54) is 0 Å². The summed E-state index contributed by atoms with van der Waals surface area (Å²) < 4.78 is 0. The van der Waals surface area contributed by atoms with Gasteiger partial charge in [-0.3, -0.25) is 4.79 Å². The molecule has 5 nitrogen and oxygen atoms in total. The van der Waals surface area contributed by atoms with Crippen molar-refractivity contribution in [2.45, 2.75) is 83.0 Å². The smallest absolute Gasteiger partial charge is 0.303 e. The molecule has 1 aliphatic rings. The molecule has 0 aromatic heterocycles. The molecule has 1 aliphatic carbocycles. The van der Waals surface area contributed by atoms with Crippen molar-refractivity contribution < 1.29 is 25.2 Å². The minimum Gasteiger partial charge on any atom is -0.481 e. The lowest BCUT2D eigenvalue weighted by Crippen LogP contribution is -2.20. The van der Waals surface area contributed by atoms with E-state index in [0.717, 1.165) is 25.7 Å². The van der Waals surface area contributed by atoms with Crippen molar-refractivity contribution in [1.82, 2.24) is 0 Å². The average molecular weight is 354 g/mol. The Kier molecular flexibility index (Phi) is 10.7. The van der Waals surface area contributed by atoms with E-state index in [2.05, 4.69) is 6.92 Å². The molecule has 0 radical (unpaired) electrons. The fourth-order valence-electron chi connectivity index (χ4n) is 3.41. The van der Waals surface area contributed by atoms with Crippen LogP contribution in [0.15, 0.2) is 24.3 Å². The van der Waals surface area contributed by atoms with Gasteiger partial charge in [0.05, 0.1) is 18.3 Å². The fourth-order valence-corrected chi connectivity index (χ4v) is 3.41. The third-order valence-corrected chi connectivity index (χ3v) is 4.91. The van der Waals surface area contributed by atoms with Crippen molar-refractivity contribution >= 4 is 5.97 Å². The van der Waals surface area contributed by atoms with E-state index in [4.69, 9.17) is 5.11 Å². The highest BCUT2D eigenvalue weighted by molar-refractivity contribution is 5.66. The summed E-state index contributed by atoms with van der Waals surface area (Å²) in [6.45, 7) is 2.12. The van der Waals surface area contributed by atoms with Crippen LogP contribution in [0.5, 0.6) is 0 Å². The molecule has 1 rings (SSSR count). The van der Waals surface area contributed by atoms with Crippen LogP contribution in [0, 0.1) is 11.8 Å². The molecule has 0 spiro atoms. The lowest BCUT2D eigenvalue weighted by molar-refractivity contribution is -0.137. The van der Waals surface area contributed by atoms with Crippen molar-refractivity contribution in [2.75, 3.05) is 0 Å². The van der Waals surface area contributed by atoms with Gasteiger partial charge in [0, 0.05) is 18.8 Å². The Bertz CT molecular complexity index is 432. The summed E-state index contributed by atoms with van der Waals surface area (Å²) >= 11 is 0. The summed E-state index contributed by atoms with van der Waals surface area (Å²) in [6, 6.07) is 0. The molecule has 5 atom stereocenters. The Morgan fingerprint density at radius 2 is 1.92 bits per heavy atom. The zero-order chi connectivity index (χ0) is 18.7. The zero-order valence-electron chi connectivity index (χ0n) is 15.3. The molecule has 144 valence electrons. The number of hydrogen-bond donors (Lipinski definition) is 4. The number of carboxylic acid groups (broad SMARTS) is 1. The van der Waals surface area contributed by atoms with Crippen LogP contribution in [0.3, 0.4) is 0 Å². The number of aliphatic hydroxyl groups is 3. The summed E-state index contributed by atoms with van der Waals surface area (Å²) in [5, 5.41) is 39.0. The first kappa shape index (κ1) is 21.9. The number of aliphatic carboxylic acids is 1. The maximum absolute atomic E-state index is 10.5. The average Bonchev–Trinajstić information content (AvgIpc) is 2.82. The van der Waals surface area contributed by atoms with Crippen molar-refractivity contribution in [2.24, 2.45) is 11.8 Å². The molecule has 0 amide bonds. The molecule has 1 fully saturated rings. The molecule has 0 unspecified atom stereocenters. The maximum atomic E-state index is 10.5. The standard InChI is InChI=1S/C20H34O5/c1-2-3-6-9-15(21)12-13-17-16(18(22)14-19(17)23)10-7-4-5-8-11-20(24)25/h4,7,12-13,15-19,21-23H,2-3,5-6,8-11,14H2,1H3,(H,24,25)/b7-4?,13-12+/t15-,16+,17+,18+,19+/m0/s1. The molecule has 1 saturated carbocycles. The van der Waals surface area contributed by atoms with E-state index in [9.17, 15) is 20.1 Å². The van der Waals surface area contributed by atoms with Crippen molar-refractivity contribution in [3.8, 4) is 0 Å². The summed E-state index contributed by atoms with van der Waals surface area (Å²) in [5.41, 5.74) is 0. The summed E-state index contributed by atoms with van der Waals surface area (Å²) in [5.74, 6) is -1.00. The Morgan fingerprint density at radius 3 is 2.60 bits per heavy atom. The van der Waals surface area contributed by atoms with Gasteiger partial charge in [-0.2, -0.15) is 0 Å². The second-order valence-corrected chi connectivity index (χ2v) is 7.05. The number of unbranched alkanes of at least 4 members (excludes halogenated alkanes) is 3. The third kappa shape index (κ3) is 8.66. The Balaban J connectivity index is 2.46. The highest BCUT2D eigenvalue weighted by Gasteiger charge is 2.39. The number of rotatable bonds is 12. The first-order chi connectivity index (χ1) is 12.0. The van der Waals surface area contributed by atoms with Gasteiger partial charge >= 0.3 is 5.97 Å². The lowest BCUT2D eigenvalue weighted by atomic mass is 9.89. The number of carbonyl (C=O) groups is 1. The molecular weight excluding hydrogens is 320 g/mol. The van der Waals surface area contributed by atoms with Gasteiger partial charge in [-0.1, -0.05) is 50.5 Å². The number of carboxylic acids is 1. The minimum atomic E-state index is -0.787. The van der Waals surface area contributed by atoms with Crippen LogP contribution >= 0.6 is 0 Å². The third-order valence-electron chi connectivity index (χ3n) is 4.91. The molecule has 25 heavy (non-hydrogen) atoms. The molecule has 0 aliphatic heterocycles. The summed E-state index contributed by atoms with van der Waals surface area (Å²) in [4.78, 5) is 10.5. The SMILES string of the molecule is CCCCC[C@H](O)/C=C/[C@@H]1[C@@H](CC=CCCCC(=O)O)[C@H](O)C[C@H]1O. The van der Waals surface area contributed by atoms with Crippen LogP contribution in [-0.2, 0) is 4.79 Å². The summed E-state index contributed by atoms with van der Waals surface area (Å²) in [7, 11) is 0. The second-order valence-electron chi connectivity index (χ2n) is 7.05. The lowest BCUT2D eigenvalue weighted by Gasteiger charge is -2.19. The van der Waals surface area contributed by atoms with E-state index in [1.807, 2.05) is 18.2 Å². The van der Waals surface area contributed by atoms with Gasteiger partial charge in [-0.05, 0) is 31.6 Å². The monoisotopic (exact) mass is 354 g/mol. The van der Waals surface area contributed by atoms with Gasteiger partial charge in [0.15, 0.2) is 0 Å². The molecule has 5 heteroatoms. The minimum absolute atomic E-state index is 0.0650. The van der Waals surface area contributed by atoms with Crippen LogP contribution < -0.4 is 0 Å². The topological polar surface area (TPSA) is 98.0 Å². The quantitative estimate of drug-likeness (QED) is 0.319. The molecule has 0 heterocycles. The van der Waals surface area contributed by atoms with Gasteiger partial charge < -0.3 is 20.4 Å². The predicted octanol–water partition coefficient (Wildman–Crippen LogP) is 3.04. The van der Waals surface area contributed by atoms with E-state index in [0.29, 0.717) is 25.7 Å². The molecule has 0 aromatic carbocycles. The van der Waals surface area contributed by atoms with Gasteiger partial charge in [0.2, 0.25) is 0 Å². The van der Waals surface area contributed by atoms with E-state index >= 15 is 0 Å². The van der Waals surface area contributed by atoms with E-state index in [-0.39, 0.29) is 18.3 Å². The van der Waals surface area contributed by atoms with Crippen LogP contribution in [0.4, 0.5) is 0 Å². The van der Waals surface area contributed by atoms with Crippen molar-refractivity contribution in [3.05, 3.63) is 24.3 Å². The molecule has 4 N–H and O–H groups in total. The van der Waals surface area contributed by atoms with Crippen LogP contribution in [-0.4, -0.2) is 44.7 Å². The van der Waals surface area contributed by atoms with Gasteiger partial charge in [-0.25, -0.2) is 0 Å². The first-order valence-corrected chi connectivity index (χ1v) is 9.55. The second kappa shape index (κ2) is 12.2. The van der Waals surface area contributed by atoms with E-state index < -0.39 is 24.3 Å². The van der Waals surface area contributed by atoms with E-state index in [1.54, 1.807) is 6.08 Å². The van der Waals surface area contributed by atoms with Gasteiger partial charge in [0.25, 0.3) is 0 Å². The molecule has 0 aromatic rings. The number of hydrogen-bond acceptors (Lipinski definition) is 4. The Morgan fingerprint density at radius 1 is 1.16 bits per heavy atom. The largest absolute Gasteiger partial charge is 0.481 e. The highest BCUT2D eigenvalue weighted by atomic mass is 16.4. The maximum Gasteiger partial charge on any atom is 0.303 e. The number of allylic oxidation sites excluding steroid dienone is 2. The zero-order valence-corrected chi connectivity index (χ0v) is 15.3. The normalized spacial score (nSPS) is 28.2. The highest BCUT2D eigenvalue weighted by Crippen LogP contribution is 2.36. The summed E-state index contributed by atoms with van der Waals surface area (Å²) in [6.07, 6.45) is 12.3. The van der Waals surface area contributed by atoms with Gasteiger partial charge in [0.1, 0.15) is 0 Å². The van der Waals surface area contributed by atoms with Crippen LogP contribution in [0.1, 0.15) is 64.7 Å². The molecule has 0 bridgehead atoms. The van der Waals surface area contributed by atoms with Crippen LogP contribution in [0.2, 0.25) is 0 Å². The molecular formula is C20H34O5. The van der Waals surface area contributed by atoms with Gasteiger partial charge in [-0.15, -0.1) is 0 Å². The Hall–Kier alpha value is -1.17. The predicted molar refractivity (Wildman–Crippen MR) is 98.1 cm³/mol. The molecule has 0 saturated heterocycles. The van der Waals surface area contributed by atoms with Crippen molar-refractivity contribution in [3.63, 3.8) is 0 Å². The fraction of sp³-hybridized carbons (Fsp3) is 0.750. The van der Waals surface area contributed by atoms with Crippen molar-refractivity contribution in [1.29, 1.82) is 0 Å². The van der Waals surface area contributed by atoms with Crippen LogP contribution in [0.25, 0.3) is 0 Å².